The summed E-state index contributed by atoms with van der Waals surface area (Å²) in [5.41, 5.74) is 8.61. The number of nitrogens with one attached hydrogen (secondary N) is 1. The van der Waals surface area contributed by atoms with Crippen molar-refractivity contribution in [2.75, 3.05) is 16.8 Å². The lowest BCUT2D eigenvalue weighted by Gasteiger charge is -2.09. The molecule has 0 radical (unpaired) electrons. The van der Waals surface area contributed by atoms with Crippen LogP contribution < -0.4 is 11.1 Å². The summed E-state index contributed by atoms with van der Waals surface area (Å²) in [6, 6.07) is 8.96. The number of nitrogen functional groups attached to an aromatic ring is 1. The van der Waals surface area contributed by atoms with Gasteiger partial charge < -0.3 is 11.1 Å². The highest BCUT2D eigenvalue weighted by atomic mass is 32.2. The molecule has 0 aliphatic rings. The van der Waals surface area contributed by atoms with Gasteiger partial charge in [-0.3, -0.25) is 4.79 Å². The zero-order valence-corrected chi connectivity index (χ0v) is 17.6. The van der Waals surface area contributed by atoms with Crippen LogP contribution in [0.4, 0.5) is 11.5 Å². The van der Waals surface area contributed by atoms with Gasteiger partial charge >= 0.3 is 0 Å². The number of nitrogens with zero attached hydrogens (tertiary/aromatic N) is 2. The Kier molecular flexibility index (Phi) is 6.01. The van der Waals surface area contributed by atoms with Gasteiger partial charge in [0.15, 0.2) is 5.16 Å². The van der Waals surface area contributed by atoms with Gasteiger partial charge in [0.1, 0.15) is 14.9 Å². The number of sulfone groups is 1. The average Bonchev–Trinajstić information content (AvgIpc) is 3.18. The summed E-state index contributed by atoms with van der Waals surface area (Å²) in [5, 5.41) is 4.75. The fraction of sp³-hybridized carbons (Fsp3) is 0.167. The Bertz CT molecular complexity index is 1110. The summed E-state index contributed by atoms with van der Waals surface area (Å²) in [7, 11) is -3.74. The van der Waals surface area contributed by atoms with Crippen molar-refractivity contribution < 1.29 is 13.2 Å². The number of aromatic nitrogens is 2. The molecule has 1 amide bonds. The number of thiophene rings is 1. The number of amides is 1. The van der Waals surface area contributed by atoms with Gasteiger partial charge in [0.2, 0.25) is 15.7 Å². The van der Waals surface area contributed by atoms with E-state index in [-0.39, 0.29) is 31.7 Å². The highest BCUT2D eigenvalue weighted by Gasteiger charge is 2.23. The SMILES string of the molecule is Cc1ccc(C)c(NC(=O)CSc2ncc(S(=O)(=O)c3cccs3)c(N)n2)c1. The molecule has 1 aromatic carbocycles. The molecule has 0 saturated heterocycles. The maximum absolute atomic E-state index is 12.5. The van der Waals surface area contributed by atoms with Gasteiger partial charge in [0.05, 0.1) is 11.9 Å². The van der Waals surface area contributed by atoms with E-state index in [1.165, 1.54) is 12.3 Å². The zero-order valence-electron chi connectivity index (χ0n) is 15.2. The maximum Gasteiger partial charge on any atom is 0.234 e. The van der Waals surface area contributed by atoms with Crippen LogP contribution in [0, 0.1) is 13.8 Å². The number of thioether (sulfide) groups is 1. The number of hydrogen-bond acceptors (Lipinski definition) is 8. The fourth-order valence-corrected chi connectivity index (χ4v) is 5.36. The first-order valence-corrected chi connectivity index (χ1v) is 11.5. The first kappa shape index (κ1) is 20.3. The Morgan fingerprint density at radius 1 is 1.29 bits per heavy atom. The molecule has 3 N–H and O–H groups in total. The highest BCUT2D eigenvalue weighted by molar-refractivity contribution is 7.99. The minimum absolute atomic E-state index is 0.0733. The summed E-state index contributed by atoms with van der Waals surface area (Å²) in [6.07, 6.45) is 1.18. The van der Waals surface area contributed by atoms with E-state index in [9.17, 15) is 13.2 Å². The second-order valence-electron chi connectivity index (χ2n) is 5.99. The summed E-state index contributed by atoms with van der Waals surface area (Å²) in [4.78, 5) is 20.1. The molecule has 0 bridgehead atoms. The minimum Gasteiger partial charge on any atom is -0.382 e. The molecule has 10 heteroatoms. The normalized spacial score (nSPS) is 11.4. The highest BCUT2D eigenvalue weighted by Crippen LogP contribution is 2.28. The molecule has 3 aromatic rings. The minimum atomic E-state index is -3.74. The number of carbonyl (C=O) groups is 1. The van der Waals surface area contributed by atoms with Crippen LogP contribution in [-0.4, -0.2) is 30.0 Å². The molecular weight excluding hydrogens is 416 g/mol. The smallest absolute Gasteiger partial charge is 0.234 e. The monoisotopic (exact) mass is 434 g/mol. The number of anilines is 2. The molecule has 3 rings (SSSR count). The van der Waals surface area contributed by atoms with E-state index in [2.05, 4.69) is 15.3 Å². The second kappa shape index (κ2) is 8.29. The van der Waals surface area contributed by atoms with E-state index in [1.54, 1.807) is 11.4 Å². The molecule has 0 aliphatic carbocycles. The van der Waals surface area contributed by atoms with E-state index in [0.717, 1.165) is 39.9 Å². The fourth-order valence-electron chi connectivity index (χ4n) is 2.36. The topological polar surface area (TPSA) is 115 Å². The van der Waals surface area contributed by atoms with Gasteiger partial charge in [0, 0.05) is 5.69 Å². The third-order valence-electron chi connectivity index (χ3n) is 3.81. The van der Waals surface area contributed by atoms with Crippen LogP contribution in [0.25, 0.3) is 0 Å². The van der Waals surface area contributed by atoms with E-state index in [1.807, 2.05) is 32.0 Å². The molecule has 28 heavy (non-hydrogen) atoms. The van der Waals surface area contributed by atoms with Gasteiger partial charge in [-0.25, -0.2) is 18.4 Å². The van der Waals surface area contributed by atoms with Gasteiger partial charge in [0.25, 0.3) is 0 Å². The van der Waals surface area contributed by atoms with Crippen LogP contribution in [0.1, 0.15) is 11.1 Å². The van der Waals surface area contributed by atoms with Crippen molar-refractivity contribution in [3.05, 3.63) is 53.0 Å². The van der Waals surface area contributed by atoms with Gasteiger partial charge in [-0.05, 0) is 42.5 Å². The van der Waals surface area contributed by atoms with Crippen molar-refractivity contribution in [2.45, 2.75) is 28.1 Å². The van der Waals surface area contributed by atoms with Gasteiger partial charge in [-0.2, -0.15) is 0 Å². The van der Waals surface area contributed by atoms with Gasteiger partial charge in [-0.15, -0.1) is 11.3 Å². The molecule has 146 valence electrons. The summed E-state index contributed by atoms with van der Waals surface area (Å²) in [6.45, 7) is 3.87. The molecule has 0 fully saturated rings. The number of aryl methyl sites for hydroxylation is 2. The van der Waals surface area contributed by atoms with Crippen molar-refractivity contribution in [3.63, 3.8) is 0 Å². The first-order valence-electron chi connectivity index (χ1n) is 8.18. The molecule has 2 aromatic heterocycles. The maximum atomic E-state index is 12.5. The Morgan fingerprint density at radius 3 is 2.75 bits per heavy atom. The van der Waals surface area contributed by atoms with Crippen LogP contribution in [0.3, 0.4) is 0 Å². The number of nitrogens with two attached hydrogens (primary N) is 1. The number of benzene rings is 1. The van der Waals surface area contributed by atoms with Crippen molar-refractivity contribution in [1.82, 2.24) is 9.97 Å². The summed E-state index contributed by atoms with van der Waals surface area (Å²) < 4.78 is 25.2. The third-order valence-corrected chi connectivity index (χ3v) is 7.84. The van der Waals surface area contributed by atoms with E-state index < -0.39 is 9.84 Å². The Morgan fingerprint density at radius 2 is 2.07 bits per heavy atom. The quantitative estimate of drug-likeness (QED) is 0.452. The lowest BCUT2D eigenvalue weighted by Crippen LogP contribution is -2.15. The zero-order chi connectivity index (χ0) is 20.3. The van der Waals surface area contributed by atoms with Crippen LogP contribution in [0.15, 0.2) is 56.2 Å². The Balaban J connectivity index is 1.68. The second-order valence-corrected chi connectivity index (χ2v) is 10.0. The first-order chi connectivity index (χ1) is 13.3. The van der Waals surface area contributed by atoms with Crippen LogP contribution >= 0.6 is 23.1 Å². The average molecular weight is 435 g/mol. The predicted molar refractivity (Wildman–Crippen MR) is 111 cm³/mol. The van der Waals surface area contributed by atoms with Crippen molar-refractivity contribution in [3.8, 4) is 0 Å². The van der Waals surface area contributed by atoms with Crippen molar-refractivity contribution >= 4 is 50.3 Å². The van der Waals surface area contributed by atoms with E-state index >= 15 is 0 Å². The third kappa shape index (κ3) is 4.51. The van der Waals surface area contributed by atoms with Crippen LogP contribution in [0.2, 0.25) is 0 Å². The molecule has 0 aliphatic heterocycles. The summed E-state index contributed by atoms with van der Waals surface area (Å²) in [5.74, 6) is -0.277. The largest absolute Gasteiger partial charge is 0.382 e. The molecule has 0 spiro atoms. The van der Waals surface area contributed by atoms with Gasteiger partial charge in [-0.1, -0.05) is 30.0 Å². The number of hydrogen-bond donors (Lipinski definition) is 2. The molecule has 7 nitrogen and oxygen atoms in total. The van der Waals surface area contributed by atoms with Crippen molar-refractivity contribution in [1.29, 1.82) is 0 Å². The molecule has 0 saturated carbocycles. The summed E-state index contributed by atoms with van der Waals surface area (Å²) >= 11 is 2.18. The van der Waals surface area contributed by atoms with Crippen LogP contribution in [-0.2, 0) is 14.6 Å². The molecule has 2 heterocycles. The number of carbonyl (C=O) groups excluding carboxylic acids is 1. The van der Waals surface area contributed by atoms with E-state index in [0.29, 0.717) is 0 Å². The molecule has 0 unspecified atom stereocenters. The molecular formula is C18H18N4O3S3. The Hall–Kier alpha value is -2.43. The lowest BCUT2D eigenvalue weighted by molar-refractivity contribution is -0.113. The van der Waals surface area contributed by atoms with Crippen molar-refractivity contribution in [2.24, 2.45) is 0 Å². The molecule has 0 atom stereocenters. The van der Waals surface area contributed by atoms with Crippen LogP contribution in [0.5, 0.6) is 0 Å². The predicted octanol–water partition coefficient (Wildman–Crippen LogP) is 3.30. The lowest BCUT2D eigenvalue weighted by atomic mass is 10.1. The number of rotatable bonds is 6. The van der Waals surface area contributed by atoms with E-state index in [4.69, 9.17) is 5.73 Å². The Labute approximate surface area is 171 Å². The standard InChI is InChI=1S/C18H18N4O3S3/c1-11-5-6-12(2)13(8-11)21-15(23)10-27-18-20-9-14(17(19)22-18)28(24,25)16-4-3-7-26-16/h3-9H,10H2,1-2H3,(H,21,23)(H2,19,20,22).